The van der Waals surface area contributed by atoms with E-state index in [1.165, 1.54) is 12.1 Å². The highest BCUT2D eigenvalue weighted by atomic mass is 35.5. The number of carbonyl (C=O) groups excluding carboxylic acids is 2. The van der Waals surface area contributed by atoms with Gasteiger partial charge in [-0.05, 0) is 25.0 Å². The first-order valence-corrected chi connectivity index (χ1v) is 10.7. The lowest BCUT2D eigenvalue weighted by atomic mass is 10.1. The van der Waals surface area contributed by atoms with Gasteiger partial charge in [0.1, 0.15) is 5.82 Å². The van der Waals surface area contributed by atoms with Crippen molar-refractivity contribution in [3.8, 4) is 0 Å². The fourth-order valence-electron chi connectivity index (χ4n) is 3.31. The summed E-state index contributed by atoms with van der Waals surface area (Å²) in [6.07, 6.45) is 1.02. The molecule has 2 N–H and O–H groups in total. The third-order valence-corrected chi connectivity index (χ3v) is 6.84. The second-order valence-electron chi connectivity index (χ2n) is 6.79. The summed E-state index contributed by atoms with van der Waals surface area (Å²) in [5, 5.41) is 5.65. The second kappa shape index (κ2) is 7.52. The fourth-order valence-corrected chi connectivity index (χ4v) is 5.28. The van der Waals surface area contributed by atoms with Gasteiger partial charge in [-0.15, -0.1) is 0 Å². The lowest BCUT2D eigenvalue weighted by Gasteiger charge is -2.11. The molecule has 1 saturated heterocycles. The van der Waals surface area contributed by atoms with E-state index in [0.717, 1.165) is 0 Å². The van der Waals surface area contributed by atoms with Crippen LogP contribution in [-0.4, -0.2) is 44.3 Å². The molecule has 1 aromatic carbocycles. The first kappa shape index (κ1) is 19.1. The Hall–Kier alpha value is -1.67. The molecule has 1 aliphatic heterocycles. The van der Waals surface area contributed by atoms with Gasteiger partial charge >= 0.3 is 0 Å². The van der Waals surface area contributed by atoms with E-state index in [-0.39, 0.29) is 54.2 Å². The number of halogens is 2. The summed E-state index contributed by atoms with van der Waals surface area (Å²) in [6, 6.07) is 4.09. The standard InChI is InChI=1S/C17H20ClFN2O4S/c18-13-2-1-3-14(19)16(13)11-8-12(11)17(23)20-6-4-15(22)21-10-5-7-26(24,25)9-10/h1-3,10-12H,4-9H2,(H,20,23)(H,21,22)/t10-,11-,12+/m0/s1. The second-order valence-corrected chi connectivity index (χ2v) is 9.43. The van der Waals surface area contributed by atoms with Gasteiger partial charge in [0.15, 0.2) is 9.84 Å². The molecule has 1 aliphatic carbocycles. The van der Waals surface area contributed by atoms with Crippen LogP contribution in [0, 0.1) is 11.7 Å². The van der Waals surface area contributed by atoms with Crippen LogP contribution in [0.4, 0.5) is 4.39 Å². The quantitative estimate of drug-likeness (QED) is 0.752. The number of nitrogens with one attached hydrogen (secondary N) is 2. The number of carbonyl (C=O) groups is 2. The maximum Gasteiger partial charge on any atom is 0.223 e. The zero-order valence-corrected chi connectivity index (χ0v) is 15.6. The highest BCUT2D eigenvalue weighted by Gasteiger charge is 2.46. The van der Waals surface area contributed by atoms with E-state index < -0.39 is 15.7 Å². The molecule has 3 rings (SSSR count). The third kappa shape index (κ3) is 4.54. The molecule has 0 radical (unpaired) electrons. The monoisotopic (exact) mass is 402 g/mol. The molecule has 0 bridgehead atoms. The minimum absolute atomic E-state index is 0.0295. The summed E-state index contributed by atoms with van der Waals surface area (Å²) in [4.78, 5) is 24.0. The molecule has 1 aromatic rings. The average molecular weight is 403 g/mol. The predicted molar refractivity (Wildman–Crippen MR) is 95.1 cm³/mol. The summed E-state index contributed by atoms with van der Waals surface area (Å²) in [7, 11) is -3.04. The Morgan fingerprint density at radius 2 is 2.08 bits per heavy atom. The number of hydrogen-bond donors (Lipinski definition) is 2. The summed E-state index contributed by atoms with van der Waals surface area (Å²) in [5.41, 5.74) is 0.370. The Labute approximate surface area is 156 Å². The topological polar surface area (TPSA) is 92.3 Å². The van der Waals surface area contributed by atoms with E-state index in [1.807, 2.05) is 0 Å². The first-order chi connectivity index (χ1) is 12.3. The fraction of sp³-hybridized carbons (Fsp3) is 0.529. The molecule has 3 atom stereocenters. The predicted octanol–water partition coefficient (Wildman–Crippen LogP) is 1.39. The van der Waals surface area contributed by atoms with Crippen molar-refractivity contribution < 1.29 is 22.4 Å². The Morgan fingerprint density at radius 1 is 1.31 bits per heavy atom. The van der Waals surface area contributed by atoms with Crippen molar-refractivity contribution in [2.24, 2.45) is 5.92 Å². The zero-order valence-electron chi connectivity index (χ0n) is 14.0. The van der Waals surface area contributed by atoms with Crippen molar-refractivity contribution in [3.05, 3.63) is 34.6 Å². The van der Waals surface area contributed by atoms with Crippen molar-refractivity contribution in [1.29, 1.82) is 0 Å². The van der Waals surface area contributed by atoms with E-state index >= 15 is 0 Å². The van der Waals surface area contributed by atoms with Gasteiger partial charge in [-0.1, -0.05) is 17.7 Å². The van der Waals surface area contributed by atoms with Crippen LogP contribution in [0.1, 0.15) is 30.7 Å². The SMILES string of the molecule is O=C(CCNC(=O)[C@@H]1C[C@@H]1c1c(F)cccc1Cl)N[C@H]1CCS(=O)(=O)C1. The minimum atomic E-state index is -3.04. The molecule has 1 heterocycles. The van der Waals surface area contributed by atoms with Gasteiger partial charge < -0.3 is 10.6 Å². The van der Waals surface area contributed by atoms with E-state index in [9.17, 15) is 22.4 Å². The lowest BCUT2D eigenvalue weighted by molar-refractivity contribution is -0.123. The average Bonchev–Trinajstić information content (AvgIpc) is 3.25. The minimum Gasteiger partial charge on any atom is -0.355 e. The molecule has 0 unspecified atom stereocenters. The molecule has 142 valence electrons. The Morgan fingerprint density at radius 3 is 2.73 bits per heavy atom. The van der Waals surface area contributed by atoms with E-state index in [1.54, 1.807) is 6.07 Å². The molecule has 0 aromatic heterocycles. The maximum absolute atomic E-state index is 13.9. The van der Waals surface area contributed by atoms with Crippen molar-refractivity contribution in [2.45, 2.75) is 31.2 Å². The first-order valence-electron chi connectivity index (χ1n) is 8.48. The van der Waals surface area contributed by atoms with Crippen LogP contribution in [0.2, 0.25) is 5.02 Å². The van der Waals surface area contributed by atoms with Crippen LogP contribution < -0.4 is 10.6 Å². The van der Waals surface area contributed by atoms with E-state index in [2.05, 4.69) is 10.6 Å². The van der Waals surface area contributed by atoms with Crippen LogP contribution in [-0.2, 0) is 19.4 Å². The third-order valence-electron chi connectivity index (χ3n) is 4.75. The van der Waals surface area contributed by atoms with Gasteiger partial charge in [0.2, 0.25) is 11.8 Å². The van der Waals surface area contributed by atoms with Crippen molar-refractivity contribution >= 4 is 33.3 Å². The zero-order chi connectivity index (χ0) is 18.9. The van der Waals surface area contributed by atoms with Gasteiger partial charge in [0.25, 0.3) is 0 Å². The molecular weight excluding hydrogens is 383 g/mol. The van der Waals surface area contributed by atoms with Gasteiger partial charge in [0, 0.05) is 41.4 Å². The summed E-state index contributed by atoms with van der Waals surface area (Å²) < 4.78 is 36.6. The van der Waals surface area contributed by atoms with Crippen LogP contribution >= 0.6 is 11.6 Å². The molecule has 0 spiro atoms. The van der Waals surface area contributed by atoms with Crippen LogP contribution in [0.3, 0.4) is 0 Å². The largest absolute Gasteiger partial charge is 0.355 e. The summed E-state index contributed by atoms with van der Waals surface area (Å²) >= 11 is 6.01. The molecule has 9 heteroatoms. The van der Waals surface area contributed by atoms with Crippen molar-refractivity contribution in [1.82, 2.24) is 10.6 Å². The van der Waals surface area contributed by atoms with Gasteiger partial charge in [-0.3, -0.25) is 9.59 Å². The molecule has 1 saturated carbocycles. The summed E-state index contributed by atoms with van der Waals surface area (Å²) in [6.45, 7) is 0.151. The molecular formula is C17H20ClFN2O4S. The van der Waals surface area contributed by atoms with Gasteiger partial charge in [0.05, 0.1) is 11.5 Å². The van der Waals surface area contributed by atoms with Gasteiger partial charge in [-0.25, -0.2) is 12.8 Å². The number of rotatable bonds is 6. The lowest BCUT2D eigenvalue weighted by Crippen LogP contribution is -2.38. The van der Waals surface area contributed by atoms with E-state index in [4.69, 9.17) is 11.6 Å². The molecule has 2 aliphatic rings. The normalized spacial score (nSPS) is 26.3. The molecule has 26 heavy (non-hydrogen) atoms. The van der Waals surface area contributed by atoms with E-state index in [0.29, 0.717) is 23.4 Å². The Balaban J connectivity index is 1.41. The van der Waals surface area contributed by atoms with Crippen LogP contribution in [0.5, 0.6) is 0 Å². The number of benzene rings is 1. The van der Waals surface area contributed by atoms with Crippen molar-refractivity contribution in [2.75, 3.05) is 18.1 Å². The number of sulfone groups is 1. The maximum atomic E-state index is 13.9. The van der Waals surface area contributed by atoms with Crippen LogP contribution in [0.15, 0.2) is 18.2 Å². The highest BCUT2D eigenvalue weighted by Crippen LogP contribution is 2.50. The van der Waals surface area contributed by atoms with Gasteiger partial charge in [-0.2, -0.15) is 0 Å². The number of amides is 2. The Bertz CT molecular complexity index is 810. The number of hydrogen-bond acceptors (Lipinski definition) is 4. The molecule has 2 fully saturated rings. The molecule has 2 amide bonds. The highest BCUT2D eigenvalue weighted by molar-refractivity contribution is 7.91. The Kier molecular flexibility index (Phi) is 5.53. The summed E-state index contributed by atoms with van der Waals surface area (Å²) in [5.74, 6) is -1.45. The molecule has 6 nitrogen and oxygen atoms in total. The van der Waals surface area contributed by atoms with Crippen molar-refractivity contribution in [3.63, 3.8) is 0 Å². The smallest absolute Gasteiger partial charge is 0.223 e. The van der Waals surface area contributed by atoms with Crippen LogP contribution in [0.25, 0.3) is 0 Å².